The van der Waals surface area contributed by atoms with E-state index in [4.69, 9.17) is 16.3 Å². The molecule has 0 atom stereocenters. The third kappa shape index (κ3) is 5.37. The number of para-hydroxylation sites is 1. The van der Waals surface area contributed by atoms with Gasteiger partial charge in [-0.15, -0.1) is 0 Å². The number of piperazine rings is 1. The summed E-state index contributed by atoms with van der Waals surface area (Å²) in [5.41, 5.74) is 0.109. The van der Waals surface area contributed by atoms with Gasteiger partial charge in [0.25, 0.3) is 5.91 Å². The maximum Gasteiger partial charge on any atom is 0.258 e. The van der Waals surface area contributed by atoms with Gasteiger partial charge < -0.3 is 15.0 Å². The molecular formula is C21H32ClN3O2. The topological polar surface area (TPSA) is 44.8 Å². The molecule has 0 radical (unpaired) electrons. The molecule has 1 amide bonds. The Bertz CT molecular complexity index is 611. The van der Waals surface area contributed by atoms with Crippen molar-refractivity contribution in [3.8, 4) is 5.75 Å². The van der Waals surface area contributed by atoms with E-state index in [0.717, 1.165) is 32.7 Å². The zero-order valence-electron chi connectivity index (χ0n) is 16.4. The molecule has 150 valence electrons. The molecule has 1 saturated heterocycles. The van der Waals surface area contributed by atoms with E-state index in [1.54, 1.807) is 12.1 Å². The lowest BCUT2D eigenvalue weighted by atomic mass is 9.79. The molecule has 1 N–H and O–H groups in total. The van der Waals surface area contributed by atoms with Gasteiger partial charge in [-0.05, 0) is 31.5 Å². The van der Waals surface area contributed by atoms with Gasteiger partial charge in [0.1, 0.15) is 5.75 Å². The Hall–Kier alpha value is -1.30. The number of carbonyl (C=O) groups is 1. The Balaban J connectivity index is 1.53. The Morgan fingerprint density at radius 2 is 1.85 bits per heavy atom. The van der Waals surface area contributed by atoms with Crippen molar-refractivity contribution >= 4 is 17.5 Å². The molecule has 0 unspecified atom stereocenters. The number of amides is 1. The van der Waals surface area contributed by atoms with Crippen LogP contribution in [0.1, 0.15) is 39.0 Å². The molecular weight excluding hydrogens is 362 g/mol. The standard InChI is InChI=1S/C21H32ClN3O2/c1-2-24-12-14-25(15-13-24)21(10-6-3-7-11-21)17-23-20(26)16-27-19-9-5-4-8-18(19)22/h4-5,8-9H,2-3,6-7,10-17H2,1H3,(H,23,26). The quantitative estimate of drug-likeness (QED) is 0.772. The Morgan fingerprint density at radius 1 is 1.15 bits per heavy atom. The molecule has 0 bridgehead atoms. The number of hydrogen-bond acceptors (Lipinski definition) is 4. The minimum Gasteiger partial charge on any atom is -0.482 e. The van der Waals surface area contributed by atoms with Gasteiger partial charge in [-0.25, -0.2) is 0 Å². The van der Waals surface area contributed by atoms with Crippen molar-refractivity contribution in [1.29, 1.82) is 0 Å². The second-order valence-corrected chi connectivity index (χ2v) is 8.11. The molecule has 0 aromatic heterocycles. The molecule has 1 aliphatic heterocycles. The van der Waals surface area contributed by atoms with Crippen molar-refractivity contribution in [2.75, 3.05) is 45.9 Å². The molecule has 5 nitrogen and oxygen atoms in total. The lowest BCUT2D eigenvalue weighted by molar-refractivity contribution is -0.124. The molecule has 6 heteroatoms. The van der Waals surface area contributed by atoms with E-state index in [1.165, 1.54) is 32.1 Å². The number of benzene rings is 1. The largest absolute Gasteiger partial charge is 0.482 e. The van der Waals surface area contributed by atoms with Gasteiger partial charge in [0.05, 0.1) is 5.02 Å². The summed E-state index contributed by atoms with van der Waals surface area (Å²) in [6.07, 6.45) is 6.15. The Kier molecular flexibility index (Phi) is 7.39. The van der Waals surface area contributed by atoms with Crippen molar-refractivity contribution in [3.63, 3.8) is 0 Å². The fourth-order valence-electron chi connectivity index (χ4n) is 4.37. The first-order valence-corrected chi connectivity index (χ1v) is 10.6. The monoisotopic (exact) mass is 393 g/mol. The lowest BCUT2D eigenvalue weighted by Gasteiger charge is -2.50. The number of hydrogen-bond donors (Lipinski definition) is 1. The minimum atomic E-state index is -0.0768. The highest BCUT2D eigenvalue weighted by Crippen LogP contribution is 2.34. The number of likely N-dealkylation sites (N-methyl/N-ethyl adjacent to an activating group) is 1. The van der Waals surface area contributed by atoms with Crippen LogP contribution in [-0.2, 0) is 4.79 Å². The van der Waals surface area contributed by atoms with Crippen molar-refractivity contribution in [2.45, 2.75) is 44.6 Å². The Morgan fingerprint density at radius 3 is 2.52 bits per heavy atom. The fourth-order valence-corrected chi connectivity index (χ4v) is 4.56. The fraction of sp³-hybridized carbons (Fsp3) is 0.667. The average Bonchev–Trinajstić information content (AvgIpc) is 2.72. The summed E-state index contributed by atoms with van der Waals surface area (Å²) >= 11 is 6.09. The average molecular weight is 394 g/mol. The molecule has 1 aromatic carbocycles. The van der Waals surface area contributed by atoms with Crippen LogP contribution >= 0.6 is 11.6 Å². The first kappa shape index (κ1) is 20.4. The highest BCUT2D eigenvalue weighted by atomic mass is 35.5. The van der Waals surface area contributed by atoms with Crippen LogP contribution in [0.2, 0.25) is 5.02 Å². The SMILES string of the molecule is CCN1CCN(C2(CNC(=O)COc3ccccc3Cl)CCCCC2)CC1. The normalized spacial score (nSPS) is 21.0. The summed E-state index contributed by atoms with van der Waals surface area (Å²) in [5.74, 6) is 0.476. The van der Waals surface area contributed by atoms with E-state index in [0.29, 0.717) is 17.3 Å². The summed E-state index contributed by atoms with van der Waals surface area (Å²) in [7, 11) is 0. The molecule has 3 rings (SSSR count). The third-order valence-electron chi connectivity index (χ3n) is 6.08. The van der Waals surface area contributed by atoms with E-state index in [1.807, 2.05) is 12.1 Å². The molecule has 1 aromatic rings. The second-order valence-electron chi connectivity index (χ2n) is 7.70. The summed E-state index contributed by atoms with van der Waals surface area (Å²) in [6, 6.07) is 7.25. The van der Waals surface area contributed by atoms with Gasteiger partial charge in [-0.3, -0.25) is 9.69 Å². The third-order valence-corrected chi connectivity index (χ3v) is 6.40. The first-order valence-electron chi connectivity index (χ1n) is 10.2. The second kappa shape index (κ2) is 9.76. The van der Waals surface area contributed by atoms with Crippen molar-refractivity contribution < 1.29 is 9.53 Å². The molecule has 2 fully saturated rings. The lowest BCUT2D eigenvalue weighted by Crippen LogP contribution is -2.62. The Labute approximate surface area is 168 Å². The van der Waals surface area contributed by atoms with Crippen LogP contribution in [0.5, 0.6) is 5.75 Å². The van der Waals surface area contributed by atoms with Gasteiger partial charge in [0.2, 0.25) is 0 Å². The molecule has 27 heavy (non-hydrogen) atoms. The maximum absolute atomic E-state index is 12.4. The zero-order valence-corrected chi connectivity index (χ0v) is 17.1. The van der Waals surface area contributed by atoms with Crippen LogP contribution in [0.15, 0.2) is 24.3 Å². The maximum atomic E-state index is 12.4. The van der Waals surface area contributed by atoms with E-state index >= 15 is 0 Å². The van der Waals surface area contributed by atoms with Crippen LogP contribution < -0.4 is 10.1 Å². The molecule has 1 aliphatic carbocycles. The van der Waals surface area contributed by atoms with Crippen LogP contribution in [0.3, 0.4) is 0 Å². The van der Waals surface area contributed by atoms with E-state index in [2.05, 4.69) is 22.0 Å². The first-order chi connectivity index (χ1) is 13.1. The van der Waals surface area contributed by atoms with Gasteiger partial charge in [0, 0.05) is 38.3 Å². The summed E-state index contributed by atoms with van der Waals surface area (Å²) in [4.78, 5) is 17.5. The number of halogens is 1. The molecule has 0 spiro atoms. The minimum absolute atomic E-state index is 0.00340. The van der Waals surface area contributed by atoms with Gasteiger partial charge >= 0.3 is 0 Å². The van der Waals surface area contributed by atoms with Crippen molar-refractivity contribution in [2.24, 2.45) is 0 Å². The van der Waals surface area contributed by atoms with Crippen LogP contribution in [0.25, 0.3) is 0 Å². The van der Waals surface area contributed by atoms with E-state index in [9.17, 15) is 4.79 Å². The number of carbonyl (C=O) groups excluding carboxylic acids is 1. The van der Waals surface area contributed by atoms with Crippen LogP contribution in [0.4, 0.5) is 0 Å². The summed E-state index contributed by atoms with van der Waals surface area (Å²) in [5, 5.41) is 3.67. The number of ether oxygens (including phenoxy) is 1. The van der Waals surface area contributed by atoms with Crippen LogP contribution in [-0.4, -0.2) is 67.1 Å². The van der Waals surface area contributed by atoms with Crippen molar-refractivity contribution in [1.82, 2.24) is 15.1 Å². The predicted octanol–water partition coefficient (Wildman–Crippen LogP) is 3.18. The van der Waals surface area contributed by atoms with Crippen LogP contribution in [0, 0.1) is 0 Å². The predicted molar refractivity (Wildman–Crippen MR) is 109 cm³/mol. The van der Waals surface area contributed by atoms with Crippen molar-refractivity contribution in [3.05, 3.63) is 29.3 Å². The van der Waals surface area contributed by atoms with Gasteiger partial charge in [0.15, 0.2) is 6.61 Å². The highest BCUT2D eigenvalue weighted by molar-refractivity contribution is 6.32. The van der Waals surface area contributed by atoms with E-state index in [-0.39, 0.29) is 18.1 Å². The zero-order chi connectivity index (χ0) is 19.1. The molecule has 2 aliphatic rings. The number of nitrogens with zero attached hydrogens (tertiary/aromatic N) is 2. The summed E-state index contributed by atoms with van der Waals surface area (Å²) in [6.45, 7) is 8.51. The highest BCUT2D eigenvalue weighted by Gasteiger charge is 2.39. The number of nitrogens with one attached hydrogen (secondary N) is 1. The molecule has 1 heterocycles. The molecule has 1 saturated carbocycles. The van der Waals surface area contributed by atoms with Gasteiger partial charge in [-0.1, -0.05) is 49.9 Å². The van der Waals surface area contributed by atoms with E-state index < -0.39 is 0 Å². The smallest absolute Gasteiger partial charge is 0.258 e. The summed E-state index contributed by atoms with van der Waals surface area (Å²) < 4.78 is 5.58. The van der Waals surface area contributed by atoms with Gasteiger partial charge in [-0.2, -0.15) is 0 Å². The number of rotatable bonds is 7.